The fraction of sp³-hybridized carbons (Fsp3) is 0.500. The molecular formula is C22H25ClF2N4O5. The first-order valence-electron chi connectivity index (χ1n) is 10.8. The van der Waals surface area contributed by atoms with Crippen LogP contribution < -0.4 is 21.3 Å². The van der Waals surface area contributed by atoms with Crippen LogP contribution in [0, 0.1) is 11.8 Å². The third-order valence-electron chi connectivity index (χ3n) is 5.94. The van der Waals surface area contributed by atoms with Gasteiger partial charge in [0.25, 0.3) is 11.8 Å². The van der Waals surface area contributed by atoms with E-state index in [0.29, 0.717) is 6.42 Å². The first-order valence-corrected chi connectivity index (χ1v) is 11.1. The lowest BCUT2D eigenvalue weighted by atomic mass is 9.80. The lowest BCUT2D eigenvalue weighted by Crippen LogP contribution is -2.48. The molecule has 184 valence electrons. The van der Waals surface area contributed by atoms with Crippen LogP contribution in [0.3, 0.4) is 0 Å². The van der Waals surface area contributed by atoms with Crippen molar-refractivity contribution in [3.05, 3.63) is 28.8 Å². The summed E-state index contributed by atoms with van der Waals surface area (Å²) in [5, 5.41) is 10.00. The highest BCUT2D eigenvalue weighted by Gasteiger charge is 2.48. The molecule has 0 radical (unpaired) electrons. The summed E-state index contributed by atoms with van der Waals surface area (Å²) in [7, 11) is 1.26. The van der Waals surface area contributed by atoms with Crippen LogP contribution in [0.2, 0.25) is 5.02 Å². The number of benzene rings is 1. The Morgan fingerprint density at radius 1 is 1.24 bits per heavy atom. The van der Waals surface area contributed by atoms with Gasteiger partial charge in [-0.05, 0) is 38.0 Å². The maximum atomic E-state index is 13.1. The first kappa shape index (κ1) is 25.5. The third kappa shape index (κ3) is 5.88. The zero-order valence-electron chi connectivity index (χ0n) is 18.5. The summed E-state index contributed by atoms with van der Waals surface area (Å²) in [5.74, 6) is -8.04. The van der Waals surface area contributed by atoms with Gasteiger partial charge in [-0.2, -0.15) is 0 Å². The van der Waals surface area contributed by atoms with E-state index in [1.165, 1.54) is 25.2 Å². The molecule has 1 heterocycles. The molecule has 1 aromatic carbocycles. The molecule has 0 bridgehead atoms. The van der Waals surface area contributed by atoms with Gasteiger partial charge in [-0.25, -0.2) is 8.78 Å². The zero-order chi connectivity index (χ0) is 25.2. The zero-order valence-corrected chi connectivity index (χ0v) is 19.3. The van der Waals surface area contributed by atoms with Crippen molar-refractivity contribution in [3.8, 4) is 0 Å². The average molecular weight is 499 g/mol. The van der Waals surface area contributed by atoms with E-state index in [4.69, 9.17) is 11.6 Å². The van der Waals surface area contributed by atoms with E-state index >= 15 is 0 Å². The molecule has 0 aromatic heterocycles. The maximum absolute atomic E-state index is 13.1. The lowest BCUT2D eigenvalue weighted by molar-refractivity contribution is -0.145. The molecule has 1 aliphatic heterocycles. The van der Waals surface area contributed by atoms with E-state index in [1.807, 2.05) is 0 Å². The van der Waals surface area contributed by atoms with Crippen molar-refractivity contribution < 1.29 is 32.8 Å². The van der Waals surface area contributed by atoms with Gasteiger partial charge in [0.2, 0.25) is 23.5 Å². The van der Waals surface area contributed by atoms with E-state index in [0.717, 1.165) is 0 Å². The standard InChI is InChI=1S/C22H25ClF2N4O5/c1-10-5-11(18(31)27-10)6-16(17(30)21(34)26-2)29-20(33)14-7-13(23)3-4-15(14)28-19(32)12-8-22(24,25)9-12/h3-4,7,10-12,16H,5-6,8-9H2,1-2H3,(H,26,34)(H,27,31)(H,28,32)(H,29,33)/t10-,11+,16?/m1/s1. The topological polar surface area (TPSA) is 133 Å². The Balaban J connectivity index is 1.79. The molecular weight excluding hydrogens is 474 g/mol. The molecule has 3 rings (SSSR count). The highest BCUT2D eigenvalue weighted by molar-refractivity contribution is 6.38. The monoisotopic (exact) mass is 498 g/mol. The van der Waals surface area contributed by atoms with E-state index < -0.39 is 60.1 Å². The van der Waals surface area contributed by atoms with Gasteiger partial charge in [0.1, 0.15) is 0 Å². The molecule has 4 N–H and O–H groups in total. The smallest absolute Gasteiger partial charge is 0.289 e. The summed E-state index contributed by atoms with van der Waals surface area (Å²) in [6.07, 6.45) is -0.846. The Hall–Kier alpha value is -3.08. The van der Waals surface area contributed by atoms with Gasteiger partial charge in [-0.15, -0.1) is 0 Å². The second-order valence-corrected chi connectivity index (χ2v) is 9.12. The van der Waals surface area contributed by atoms with Gasteiger partial charge in [0.15, 0.2) is 0 Å². The van der Waals surface area contributed by atoms with E-state index in [-0.39, 0.29) is 34.6 Å². The second kappa shape index (κ2) is 10.0. The Morgan fingerprint density at radius 2 is 1.91 bits per heavy atom. The molecule has 2 aliphatic rings. The van der Waals surface area contributed by atoms with Gasteiger partial charge in [0.05, 0.1) is 17.3 Å². The van der Waals surface area contributed by atoms with E-state index in [2.05, 4.69) is 21.3 Å². The van der Waals surface area contributed by atoms with Crippen LogP contribution in [0.5, 0.6) is 0 Å². The van der Waals surface area contributed by atoms with Crippen molar-refractivity contribution in [2.75, 3.05) is 12.4 Å². The molecule has 1 aromatic rings. The van der Waals surface area contributed by atoms with Gasteiger partial charge in [-0.3, -0.25) is 24.0 Å². The number of likely N-dealkylation sites (N-methyl/N-ethyl adjacent to an activating group) is 1. The summed E-state index contributed by atoms with van der Waals surface area (Å²) in [5.41, 5.74) is -0.105. The van der Waals surface area contributed by atoms with Crippen molar-refractivity contribution in [2.45, 2.75) is 50.6 Å². The normalized spacial score (nSPS) is 22.2. The Bertz CT molecular complexity index is 1030. The molecule has 3 atom stereocenters. The van der Waals surface area contributed by atoms with Gasteiger partial charge >= 0.3 is 0 Å². The molecule has 0 spiro atoms. The summed E-state index contributed by atoms with van der Waals surface area (Å²) in [6, 6.07) is 2.56. The molecule has 1 saturated carbocycles. The fourth-order valence-corrected chi connectivity index (χ4v) is 4.26. The predicted molar refractivity (Wildman–Crippen MR) is 118 cm³/mol. The van der Waals surface area contributed by atoms with Crippen LogP contribution in [0.1, 0.15) is 43.0 Å². The van der Waals surface area contributed by atoms with Crippen LogP contribution in [0.25, 0.3) is 0 Å². The molecule has 9 nitrogen and oxygen atoms in total. The number of ketones is 1. The minimum absolute atomic E-state index is 0.0143. The van der Waals surface area contributed by atoms with Crippen LogP contribution in [-0.2, 0) is 19.2 Å². The van der Waals surface area contributed by atoms with Gasteiger partial charge in [-0.1, -0.05) is 11.6 Å². The molecule has 1 unspecified atom stereocenters. The van der Waals surface area contributed by atoms with Gasteiger partial charge in [0, 0.05) is 42.8 Å². The number of Topliss-reactive ketones (excluding diaryl/α,β-unsaturated/α-hetero) is 1. The minimum Gasteiger partial charge on any atom is -0.353 e. The lowest BCUT2D eigenvalue weighted by Gasteiger charge is -2.33. The summed E-state index contributed by atoms with van der Waals surface area (Å²) in [6.45, 7) is 1.80. The molecule has 1 aliphatic carbocycles. The Morgan fingerprint density at radius 3 is 2.47 bits per heavy atom. The second-order valence-electron chi connectivity index (χ2n) is 8.69. The number of hydrogen-bond donors (Lipinski definition) is 4. The molecule has 1 saturated heterocycles. The molecule has 2 fully saturated rings. The number of carbonyl (C=O) groups is 5. The Labute approximate surface area is 199 Å². The predicted octanol–water partition coefficient (Wildman–Crippen LogP) is 1.65. The SMILES string of the molecule is CNC(=O)C(=O)C(C[C@@H]1C[C@@H](C)NC1=O)NC(=O)c1cc(Cl)ccc1NC(=O)C1CC(F)(F)C1. The quantitative estimate of drug-likeness (QED) is 0.404. The van der Waals surface area contributed by atoms with Crippen molar-refractivity contribution >= 4 is 46.7 Å². The van der Waals surface area contributed by atoms with Crippen molar-refractivity contribution in [1.82, 2.24) is 16.0 Å². The number of anilines is 1. The van der Waals surface area contributed by atoms with Crippen molar-refractivity contribution in [1.29, 1.82) is 0 Å². The van der Waals surface area contributed by atoms with Crippen LogP contribution >= 0.6 is 11.6 Å². The molecule has 4 amide bonds. The number of alkyl halides is 2. The number of hydrogen-bond acceptors (Lipinski definition) is 5. The van der Waals surface area contributed by atoms with E-state index in [1.54, 1.807) is 6.92 Å². The highest BCUT2D eigenvalue weighted by Crippen LogP contribution is 2.43. The largest absolute Gasteiger partial charge is 0.353 e. The maximum Gasteiger partial charge on any atom is 0.289 e. The van der Waals surface area contributed by atoms with Gasteiger partial charge < -0.3 is 21.3 Å². The number of halogens is 3. The van der Waals surface area contributed by atoms with Crippen molar-refractivity contribution in [3.63, 3.8) is 0 Å². The summed E-state index contributed by atoms with van der Waals surface area (Å²) >= 11 is 6.00. The first-order chi connectivity index (χ1) is 15.9. The van der Waals surface area contributed by atoms with Crippen LogP contribution in [-0.4, -0.2) is 54.5 Å². The number of amides is 4. The number of carbonyl (C=O) groups excluding carboxylic acids is 5. The Kier molecular flexibility index (Phi) is 7.54. The average Bonchev–Trinajstić information content (AvgIpc) is 3.07. The van der Waals surface area contributed by atoms with Crippen molar-refractivity contribution in [2.24, 2.45) is 11.8 Å². The van der Waals surface area contributed by atoms with Crippen LogP contribution in [0.4, 0.5) is 14.5 Å². The fourth-order valence-electron chi connectivity index (χ4n) is 4.08. The summed E-state index contributed by atoms with van der Waals surface area (Å²) < 4.78 is 26.3. The van der Waals surface area contributed by atoms with Crippen LogP contribution in [0.15, 0.2) is 18.2 Å². The number of rotatable bonds is 8. The minimum atomic E-state index is -2.89. The number of nitrogens with one attached hydrogen (secondary N) is 4. The highest BCUT2D eigenvalue weighted by atomic mass is 35.5. The summed E-state index contributed by atoms with van der Waals surface area (Å²) in [4.78, 5) is 62.2. The molecule has 12 heteroatoms. The van der Waals surface area contributed by atoms with E-state index in [9.17, 15) is 32.8 Å². The third-order valence-corrected chi connectivity index (χ3v) is 6.17. The molecule has 34 heavy (non-hydrogen) atoms.